The number of hydrogen-bond donors (Lipinski definition) is 2. The van der Waals surface area contributed by atoms with Crippen molar-refractivity contribution in [2.24, 2.45) is 5.73 Å². The minimum absolute atomic E-state index is 0.602. The topological polar surface area (TPSA) is 75.8 Å². The quantitative estimate of drug-likeness (QED) is 0.845. The van der Waals surface area contributed by atoms with E-state index in [9.17, 15) is 9.90 Å². The van der Waals surface area contributed by atoms with Crippen LogP contribution in [0.15, 0.2) is 30.3 Å². The van der Waals surface area contributed by atoms with Crippen molar-refractivity contribution in [1.82, 2.24) is 4.90 Å². The van der Waals surface area contributed by atoms with Gasteiger partial charge in [-0.1, -0.05) is 30.3 Å². The van der Waals surface area contributed by atoms with Crippen LogP contribution in [0.3, 0.4) is 0 Å². The fourth-order valence-corrected chi connectivity index (χ4v) is 3.08. The van der Waals surface area contributed by atoms with Crippen LogP contribution in [-0.2, 0) is 11.3 Å². The van der Waals surface area contributed by atoms with Crippen LogP contribution in [0.5, 0.6) is 0 Å². The molecule has 0 aliphatic carbocycles. The van der Waals surface area contributed by atoms with Crippen molar-refractivity contribution in [3.05, 3.63) is 35.9 Å². The molecule has 1 aromatic rings. The number of piperidine rings is 1. The number of nitrogens with two attached hydrogens (primary N) is 1. The van der Waals surface area contributed by atoms with E-state index in [1.807, 2.05) is 19.9 Å². The molecular weight excluding hydrogens is 292 g/mol. The molecule has 0 bridgehead atoms. The predicted octanol–water partition coefficient (Wildman–Crippen LogP) is 2.67. The average Bonchev–Trinajstić information content (AvgIpc) is 2.48. The van der Waals surface area contributed by atoms with Crippen LogP contribution in [0.2, 0.25) is 0 Å². The average molecular weight is 320 g/mol. The summed E-state index contributed by atoms with van der Waals surface area (Å²) in [5.41, 5.74) is 5.07. The maximum absolute atomic E-state index is 10.9. The Bertz CT molecular complexity index is 508. The van der Waals surface area contributed by atoms with E-state index in [0.29, 0.717) is 12.8 Å². The number of primary amides is 1. The molecule has 1 amide bonds. The van der Waals surface area contributed by atoms with Crippen LogP contribution < -0.4 is 5.73 Å². The molecule has 0 atom stereocenters. The molecule has 0 spiro atoms. The molecule has 5 heteroatoms. The van der Waals surface area contributed by atoms with E-state index in [1.165, 1.54) is 5.56 Å². The molecule has 1 fully saturated rings. The summed E-state index contributed by atoms with van der Waals surface area (Å²) >= 11 is 0. The highest BCUT2D eigenvalue weighted by molar-refractivity contribution is 5.65. The van der Waals surface area contributed by atoms with Gasteiger partial charge in [0.25, 0.3) is 0 Å². The van der Waals surface area contributed by atoms with E-state index < -0.39 is 17.3 Å². The van der Waals surface area contributed by atoms with Gasteiger partial charge in [-0.05, 0) is 45.1 Å². The van der Waals surface area contributed by atoms with Crippen LogP contribution in [0.1, 0.15) is 45.1 Å². The van der Waals surface area contributed by atoms with Gasteiger partial charge in [-0.2, -0.15) is 0 Å². The molecule has 0 aromatic heterocycles. The third-order valence-corrected chi connectivity index (χ3v) is 4.61. The number of amides is 1. The largest absolute Gasteiger partial charge is 0.444 e. The Morgan fingerprint density at radius 1 is 1.30 bits per heavy atom. The maximum Gasteiger partial charge on any atom is 0.405 e. The van der Waals surface area contributed by atoms with E-state index in [0.717, 1.165) is 32.5 Å². The fraction of sp³-hybridized carbons (Fsp3) is 0.611. The van der Waals surface area contributed by atoms with Gasteiger partial charge in [0.15, 0.2) is 0 Å². The van der Waals surface area contributed by atoms with E-state index in [1.54, 1.807) is 0 Å². The third kappa shape index (κ3) is 5.84. The molecule has 0 radical (unpaired) electrons. The molecule has 23 heavy (non-hydrogen) atoms. The minimum Gasteiger partial charge on any atom is -0.444 e. The summed E-state index contributed by atoms with van der Waals surface area (Å²) < 4.78 is 5.09. The second-order valence-electron chi connectivity index (χ2n) is 7.17. The first kappa shape index (κ1) is 17.8. The molecule has 1 aliphatic heterocycles. The summed E-state index contributed by atoms with van der Waals surface area (Å²) in [4.78, 5) is 13.3. The van der Waals surface area contributed by atoms with Crippen molar-refractivity contribution in [2.75, 3.05) is 13.1 Å². The smallest absolute Gasteiger partial charge is 0.405 e. The Labute approximate surface area is 138 Å². The van der Waals surface area contributed by atoms with Crippen LogP contribution in [0.4, 0.5) is 4.79 Å². The lowest BCUT2D eigenvalue weighted by Gasteiger charge is -2.39. The SMILES string of the molecule is CC(C)(CCC1(O)CCN(Cc2ccccc2)CC1)OC(N)=O. The van der Waals surface area contributed by atoms with Gasteiger partial charge in [0, 0.05) is 19.6 Å². The molecule has 3 N–H and O–H groups in total. The van der Waals surface area contributed by atoms with Crippen LogP contribution in [0, 0.1) is 0 Å². The second kappa shape index (κ2) is 7.32. The number of likely N-dealkylation sites (tertiary alicyclic amines) is 1. The molecular formula is C18H28N2O3. The van der Waals surface area contributed by atoms with Crippen molar-refractivity contribution in [1.29, 1.82) is 0 Å². The number of hydrogen-bond acceptors (Lipinski definition) is 4. The van der Waals surface area contributed by atoms with Crippen molar-refractivity contribution in [3.63, 3.8) is 0 Å². The molecule has 5 nitrogen and oxygen atoms in total. The first-order valence-electron chi connectivity index (χ1n) is 8.25. The summed E-state index contributed by atoms with van der Waals surface area (Å²) in [5, 5.41) is 10.8. The van der Waals surface area contributed by atoms with Gasteiger partial charge in [0.1, 0.15) is 5.60 Å². The fourth-order valence-electron chi connectivity index (χ4n) is 3.08. The number of carbonyl (C=O) groups excluding carboxylic acids is 1. The highest BCUT2D eigenvalue weighted by atomic mass is 16.6. The highest BCUT2D eigenvalue weighted by Crippen LogP contribution is 2.31. The van der Waals surface area contributed by atoms with Gasteiger partial charge in [0.2, 0.25) is 0 Å². The van der Waals surface area contributed by atoms with Crippen molar-refractivity contribution < 1.29 is 14.6 Å². The van der Waals surface area contributed by atoms with Gasteiger partial charge in [-0.15, -0.1) is 0 Å². The Hall–Kier alpha value is -1.59. The highest BCUT2D eigenvalue weighted by Gasteiger charge is 2.34. The third-order valence-electron chi connectivity index (χ3n) is 4.61. The Balaban J connectivity index is 1.79. The van der Waals surface area contributed by atoms with E-state index >= 15 is 0 Å². The standard InChI is InChI=1S/C18H28N2O3/c1-17(2,23-16(19)21)8-9-18(22)10-12-20(13-11-18)14-15-6-4-3-5-7-15/h3-7,22H,8-14H2,1-2H3,(H2,19,21). The zero-order valence-corrected chi connectivity index (χ0v) is 14.1. The summed E-state index contributed by atoms with van der Waals surface area (Å²) in [5.74, 6) is 0. The normalized spacial score (nSPS) is 18.6. The lowest BCUT2D eigenvalue weighted by molar-refractivity contribution is -0.0495. The van der Waals surface area contributed by atoms with Crippen LogP contribution >= 0.6 is 0 Å². The molecule has 1 saturated heterocycles. The summed E-state index contributed by atoms with van der Waals surface area (Å²) in [7, 11) is 0. The summed E-state index contributed by atoms with van der Waals surface area (Å²) in [6.07, 6.45) is 1.94. The number of benzene rings is 1. The minimum atomic E-state index is -0.764. The number of carbonyl (C=O) groups is 1. The second-order valence-corrected chi connectivity index (χ2v) is 7.17. The van der Waals surface area contributed by atoms with Gasteiger partial charge in [-0.3, -0.25) is 4.90 Å². The van der Waals surface area contributed by atoms with Gasteiger partial charge in [0.05, 0.1) is 5.60 Å². The monoisotopic (exact) mass is 320 g/mol. The lowest BCUT2D eigenvalue weighted by atomic mass is 9.84. The Morgan fingerprint density at radius 2 is 1.91 bits per heavy atom. The van der Waals surface area contributed by atoms with Gasteiger partial charge >= 0.3 is 6.09 Å². The zero-order valence-electron chi connectivity index (χ0n) is 14.1. The van der Waals surface area contributed by atoms with Crippen molar-refractivity contribution in [3.8, 4) is 0 Å². The lowest BCUT2D eigenvalue weighted by Crippen LogP contribution is -2.45. The zero-order chi connectivity index (χ0) is 16.9. The predicted molar refractivity (Wildman–Crippen MR) is 89.9 cm³/mol. The maximum atomic E-state index is 10.9. The van der Waals surface area contributed by atoms with Gasteiger partial charge in [-0.25, -0.2) is 4.79 Å². The molecule has 0 unspecified atom stereocenters. The van der Waals surface area contributed by atoms with E-state index in [2.05, 4.69) is 29.2 Å². The molecule has 1 heterocycles. The van der Waals surface area contributed by atoms with Crippen molar-refractivity contribution >= 4 is 6.09 Å². The first-order valence-corrected chi connectivity index (χ1v) is 8.25. The van der Waals surface area contributed by atoms with Crippen molar-refractivity contribution in [2.45, 2.75) is 57.3 Å². The summed E-state index contributed by atoms with van der Waals surface area (Å²) in [6.45, 7) is 6.33. The van der Waals surface area contributed by atoms with E-state index in [-0.39, 0.29) is 0 Å². The first-order chi connectivity index (χ1) is 10.8. The molecule has 0 saturated carbocycles. The molecule has 1 aromatic carbocycles. The molecule has 128 valence electrons. The number of rotatable bonds is 6. The number of ether oxygens (including phenoxy) is 1. The Morgan fingerprint density at radius 3 is 2.48 bits per heavy atom. The number of nitrogens with zero attached hydrogens (tertiary/aromatic N) is 1. The van der Waals surface area contributed by atoms with Crippen LogP contribution in [0.25, 0.3) is 0 Å². The van der Waals surface area contributed by atoms with Crippen LogP contribution in [-0.4, -0.2) is 40.4 Å². The molecule has 2 rings (SSSR count). The number of aliphatic hydroxyl groups is 1. The summed E-state index contributed by atoms with van der Waals surface area (Å²) in [6, 6.07) is 10.4. The Kier molecular flexibility index (Phi) is 5.65. The van der Waals surface area contributed by atoms with Gasteiger partial charge < -0.3 is 15.6 Å². The van der Waals surface area contributed by atoms with E-state index in [4.69, 9.17) is 10.5 Å². The molecule has 1 aliphatic rings.